The highest BCUT2D eigenvalue weighted by atomic mass is 16.2. The van der Waals surface area contributed by atoms with Crippen LogP contribution in [0.25, 0.3) is 0 Å². The maximum Gasteiger partial charge on any atom is 0.246 e. The van der Waals surface area contributed by atoms with E-state index in [-0.39, 0.29) is 23.8 Å². The smallest absolute Gasteiger partial charge is 0.246 e. The highest BCUT2D eigenvalue weighted by Gasteiger charge is 2.33. The molecular formula is C22H27N3O2. The summed E-state index contributed by atoms with van der Waals surface area (Å²) in [5, 5.41) is 3.03. The van der Waals surface area contributed by atoms with Gasteiger partial charge in [-0.25, -0.2) is 0 Å². The Morgan fingerprint density at radius 3 is 2.07 bits per heavy atom. The lowest BCUT2D eigenvalue weighted by Gasteiger charge is -2.37. The van der Waals surface area contributed by atoms with Crippen molar-refractivity contribution in [2.24, 2.45) is 5.92 Å². The van der Waals surface area contributed by atoms with Gasteiger partial charge in [-0.15, -0.1) is 0 Å². The number of nitrogens with one attached hydrogen (secondary N) is 1. The van der Waals surface area contributed by atoms with Crippen molar-refractivity contribution >= 4 is 17.5 Å². The number of rotatable bonds is 5. The second-order valence-electron chi connectivity index (χ2n) is 7.21. The standard InChI is InChI=1S/C22H27N3O2/c1-24(2)22(27)18-13-15-25(16-14-18)20(17-9-5-3-6-10-17)21(26)23-19-11-7-4-8-12-19/h3-12,18,20H,13-16H2,1-2H3,(H,23,26). The molecule has 0 saturated carbocycles. The van der Waals surface area contributed by atoms with Gasteiger partial charge >= 0.3 is 0 Å². The summed E-state index contributed by atoms with van der Waals surface area (Å²) < 4.78 is 0. The number of piperidine rings is 1. The van der Waals surface area contributed by atoms with Gasteiger partial charge in [0.05, 0.1) is 0 Å². The number of benzene rings is 2. The van der Waals surface area contributed by atoms with E-state index in [0.29, 0.717) is 0 Å². The molecule has 1 atom stereocenters. The van der Waals surface area contributed by atoms with Crippen LogP contribution in [-0.2, 0) is 9.59 Å². The fourth-order valence-corrected chi connectivity index (χ4v) is 3.67. The summed E-state index contributed by atoms with van der Waals surface area (Å²) in [6.45, 7) is 1.46. The molecule has 2 aromatic carbocycles. The molecule has 1 aliphatic heterocycles. The molecule has 5 heteroatoms. The Bertz CT molecular complexity index is 754. The van der Waals surface area contributed by atoms with Crippen molar-refractivity contribution in [1.29, 1.82) is 0 Å². The Morgan fingerprint density at radius 1 is 0.963 bits per heavy atom. The Balaban J connectivity index is 1.75. The Morgan fingerprint density at radius 2 is 1.52 bits per heavy atom. The van der Waals surface area contributed by atoms with Gasteiger partial charge < -0.3 is 10.2 Å². The second-order valence-corrected chi connectivity index (χ2v) is 7.21. The summed E-state index contributed by atoms with van der Waals surface area (Å²) in [7, 11) is 3.60. The van der Waals surface area contributed by atoms with E-state index in [0.717, 1.165) is 37.2 Å². The highest BCUT2D eigenvalue weighted by Crippen LogP contribution is 2.29. The molecule has 1 N–H and O–H groups in total. The summed E-state index contributed by atoms with van der Waals surface area (Å²) in [5.41, 5.74) is 1.77. The number of para-hydroxylation sites is 1. The number of hydrogen-bond donors (Lipinski definition) is 1. The minimum atomic E-state index is -0.359. The molecular weight excluding hydrogens is 338 g/mol. The summed E-state index contributed by atoms with van der Waals surface area (Å²) in [4.78, 5) is 29.2. The summed E-state index contributed by atoms with van der Waals surface area (Å²) in [6, 6.07) is 19.0. The predicted molar refractivity (Wildman–Crippen MR) is 107 cm³/mol. The lowest BCUT2D eigenvalue weighted by atomic mass is 9.93. The minimum absolute atomic E-state index is 0.0372. The first-order chi connectivity index (χ1) is 13.1. The summed E-state index contributed by atoms with van der Waals surface area (Å²) in [6.07, 6.45) is 1.55. The van der Waals surface area contributed by atoms with E-state index in [1.54, 1.807) is 19.0 Å². The van der Waals surface area contributed by atoms with Crippen molar-refractivity contribution < 1.29 is 9.59 Å². The van der Waals surface area contributed by atoms with Crippen molar-refractivity contribution in [3.8, 4) is 0 Å². The van der Waals surface area contributed by atoms with E-state index in [1.165, 1.54) is 0 Å². The monoisotopic (exact) mass is 365 g/mol. The van der Waals surface area contributed by atoms with E-state index in [1.807, 2.05) is 60.7 Å². The van der Waals surface area contributed by atoms with Crippen LogP contribution in [0.4, 0.5) is 5.69 Å². The first-order valence-electron chi connectivity index (χ1n) is 9.42. The summed E-state index contributed by atoms with van der Waals surface area (Å²) in [5.74, 6) is 0.189. The number of nitrogens with zero attached hydrogens (tertiary/aromatic N) is 2. The van der Waals surface area contributed by atoms with Gasteiger partial charge in [0.25, 0.3) is 0 Å². The molecule has 142 valence electrons. The molecule has 1 heterocycles. The van der Waals surface area contributed by atoms with Crippen LogP contribution in [0.2, 0.25) is 0 Å². The molecule has 0 spiro atoms. The zero-order valence-electron chi connectivity index (χ0n) is 16.0. The van der Waals surface area contributed by atoms with Gasteiger partial charge in [-0.05, 0) is 43.6 Å². The Kier molecular flexibility index (Phi) is 6.24. The van der Waals surface area contributed by atoms with Crippen molar-refractivity contribution in [2.75, 3.05) is 32.5 Å². The van der Waals surface area contributed by atoms with Gasteiger partial charge in [-0.1, -0.05) is 48.5 Å². The quantitative estimate of drug-likeness (QED) is 0.885. The van der Waals surface area contributed by atoms with E-state index in [4.69, 9.17) is 0 Å². The molecule has 0 radical (unpaired) electrons. The predicted octanol–water partition coefficient (Wildman–Crippen LogP) is 3.17. The van der Waals surface area contributed by atoms with Crippen molar-refractivity contribution in [2.45, 2.75) is 18.9 Å². The third kappa shape index (κ3) is 4.74. The zero-order chi connectivity index (χ0) is 19.2. The maximum absolute atomic E-state index is 13.1. The number of anilines is 1. The average molecular weight is 365 g/mol. The fraction of sp³-hybridized carbons (Fsp3) is 0.364. The molecule has 27 heavy (non-hydrogen) atoms. The van der Waals surface area contributed by atoms with Crippen LogP contribution in [0.15, 0.2) is 60.7 Å². The topological polar surface area (TPSA) is 52.7 Å². The van der Waals surface area contributed by atoms with Crippen LogP contribution in [0.3, 0.4) is 0 Å². The van der Waals surface area contributed by atoms with E-state index < -0.39 is 0 Å². The van der Waals surface area contributed by atoms with Crippen molar-refractivity contribution in [3.63, 3.8) is 0 Å². The molecule has 1 unspecified atom stereocenters. The number of hydrogen-bond acceptors (Lipinski definition) is 3. The SMILES string of the molecule is CN(C)C(=O)C1CCN(C(C(=O)Nc2ccccc2)c2ccccc2)CC1. The first kappa shape index (κ1) is 19.1. The fourth-order valence-electron chi connectivity index (χ4n) is 3.67. The molecule has 1 fully saturated rings. The van der Waals surface area contributed by atoms with Crippen LogP contribution in [0, 0.1) is 5.92 Å². The molecule has 2 amide bonds. The van der Waals surface area contributed by atoms with E-state index >= 15 is 0 Å². The second kappa shape index (κ2) is 8.82. The number of amides is 2. The van der Waals surface area contributed by atoms with Gasteiger partial charge in [0, 0.05) is 25.7 Å². The highest BCUT2D eigenvalue weighted by molar-refractivity contribution is 5.95. The van der Waals surface area contributed by atoms with E-state index in [2.05, 4.69) is 10.2 Å². The lowest BCUT2D eigenvalue weighted by molar-refractivity contribution is -0.135. The molecule has 0 bridgehead atoms. The van der Waals surface area contributed by atoms with Crippen LogP contribution < -0.4 is 5.32 Å². The number of carbonyl (C=O) groups excluding carboxylic acids is 2. The number of carbonyl (C=O) groups is 2. The molecule has 0 aromatic heterocycles. The third-order valence-corrected chi connectivity index (χ3v) is 5.09. The van der Waals surface area contributed by atoms with Gasteiger partial charge in [0.2, 0.25) is 11.8 Å². The van der Waals surface area contributed by atoms with E-state index in [9.17, 15) is 9.59 Å². The van der Waals surface area contributed by atoms with Crippen molar-refractivity contribution in [1.82, 2.24) is 9.80 Å². The largest absolute Gasteiger partial charge is 0.349 e. The lowest BCUT2D eigenvalue weighted by Crippen LogP contribution is -2.44. The molecule has 1 saturated heterocycles. The maximum atomic E-state index is 13.1. The Labute approximate surface area is 161 Å². The average Bonchev–Trinajstić information content (AvgIpc) is 2.69. The molecule has 5 nitrogen and oxygen atoms in total. The zero-order valence-corrected chi connectivity index (χ0v) is 16.0. The first-order valence-corrected chi connectivity index (χ1v) is 9.42. The van der Waals surface area contributed by atoms with Crippen LogP contribution in [-0.4, -0.2) is 48.8 Å². The normalized spacial score (nSPS) is 16.5. The van der Waals surface area contributed by atoms with Gasteiger partial charge in [0.15, 0.2) is 0 Å². The van der Waals surface area contributed by atoms with Crippen LogP contribution in [0.1, 0.15) is 24.4 Å². The molecule has 0 aliphatic carbocycles. The minimum Gasteiger partial charge on any atom is -0.349 e. The van der Waals surface area contributed by atoms with Gasteiger partial charge in [-0.2, -0.15) is 0 Å². The van der Waals surface area contributed by atoms with Gasteiger partial charge in [0.1, 0.15) is 6.04 Å². The van der Waals surface area contributed by atoms with Crippen LogP contribution >= 0.6 is 0 Å². The van der Waals surface area contributed by atoms with Crippen LogP contribution in [0.5, 0.6) is 0 Å². The van der Waals surface area contributed by atoms with Crippen molar-refractivity contribution in [3.05, 3.63) is 66.2 Å². The molecule has 1 aliphatic rings. The van der Waals surface area contributed by atoms with Gasteiger partial charge in [-0.3, -0.25) is 14.5 Å². The molecule has 2 aromatic rings. The molecule has 3 rings (SSSR count). The summed E-state index contributed by atoms with van der Waals surface area (Å²) >= 11 is 0. The third-order valence-electron chi connectivity index (χ3n) is 5.09. The number of likely N-dealkylation sites (tertiary alicyclic amines) is 1. The Hall–Kier alpha value is -2.66.